The van der Waals surface area contributed by atoms with Crippen LogP contribution in [0, 0.1) is 0 Å². The number of fused-ring (bicyclic) bond motifs is 1. The van der Waals surface area contributed by atoms with Gasteiger partial charge in [0, 0.05) is 31.5 Å². The summed E-state index contributed by atoms with van der Waals surface area (Å²) in [5, 5.41) is 3.14. The second kappa shape index (κ2) is 7.17. The minimum absolute atomic E-state index is 0.0331. The van der Waals surface area contributed by atoms with E-state index >= 15 is 0 Å². The molecule has 0 aliphatic carbocycles. The molecular weight excluding hydrogens is 308 g/mol. The molecule has 1 aliphatic heterocycles. The van der Waals surface area contributed by atoms with Gasteiger partial charge in [-0.3, -0.25) is 14.7 Å². The van der Waals surface area contributed by atoms with Crippen LogP contribution >= 0.6 is 0 Å². The maximum atomic E-state index is 12.5. The molecule has 1 atom stereocenters. The molecule has 0 radical (unpaired) electrons. The summed E-state index contributed by atoms with van der Waals surface area (Å²) >= 11 is 0. The lowest BCUT2D eigenvalue weighted by molar-refractivity contribution is -0.136. The first-order valence-electron chi connectivity index (χ1n) is 8.54. The number of rotatable bonds is 5. The van der Waals surface area contributed by atoms with E-state index < -0.39 is 0 Å². The fraction of sp³-hybridized carbons (Fsp3) is 0.588. The third-order valence-corrected chi connectivity index (χ3v) is 4.59. The molecule has 24 heavy (non-hydrogen) atoms. The van der Waals surface area contributed by atoms with Crippen molar-refractivity contribution in [3.05, 3.63) is 33.9 Å². The van der Waals surface area contributed by atoms with E-state index in [-0.39, 0.29) is 17.5 Å². The van der Waals surface area contributed by atoms with Crippen LogP contribution in [-0.4, -0.2) is 45.7 Å². The zero-order valence-corrected chi connectivity index (χ0v) is 14.2. The first-order chi connectivity index (χ1) is 11.6. The zero-order valence-electron chi connectivity index (χ0n) is 14.2. The molecule has 1 unspecified atom stereocenters. The van der Waals surface area contributed by atoms with Gasteiger partial charge in [-0.05, 0) is 25.7 Å². The van der Waals surface area contributed by atoms with Gasteiger partial charge in [0.05, 0.1) is 24.8 Å². The molecule has 0 spiro atoms. The van der Waals surface area contributed by atoms with Gasteiger partial charge in [-0.15, -0.1) is 0 Å². The third kappa shape index (κ3) is 3.21. The Morgan fingerprint density at radius 2 is 2.25 bits per heavy atom. The second-order valence-electron chi connectivity index (χ2n) is 6.19. The van der Waals surface area contributed by atoms with Crippen molar-refractivity contribution in [3.8, 4) is 0 Å². The van der Waals surface area contributed by atoms with E-state index in [9.17, 15) is 9.59 Å². The fourth-order valence-corrected chi connectivity index (χ4v) is 3.30. The number of aromatic amines is 1. The van der Waals surface area contributed by atoms with Gasteiger partial charge in [-0.2, -0.15) is 0 Å². The Bertz CT molecular complexity index is 780. The van der Waals surface area contributed by atoms with E-state index in [1.807, 2.05) is 17.9 Å². The summed E-state index contributed by atoms with van der Waals surface area (Å²) in [5.74, 6) is 0.0924. The van der Waals surface area contributed by atoms with Crippen molar-refractivity contribution in [2.75, 3.05) is 20.3 Å². The Kier molecular flexibility index (Phi) is 4.99. The van der Waals surface area contributed by atoms with Crippen LogP contribution in [0.3, 0.4) is 0 Å². The molecule has 3 rings (SSSR count). The smallest absolute Gasteiger partial charge is 0.272 e. The van der Waals surface area contributed by atoms with E-state index in [1.54, 1.807) is 13.2 Å². The number of carbonyl (C=O) groups excluding carboxylic acids is 1. The highest BCUT2D eigenvalue weighted by Gasteiger charge is 2.29. The van der Waals surface area contributed by atoms with Crippen molar-refractivity contribution in [2.24, 2.45) is 0 Å². The number of likely N-dealkylation sites (tertiary alicyclic amines) is 1. The molecule has 2 aromatic heterocycles. The third-order valence-electron chi connectivity index (χ3n) is 4.59. The number of H-pyrrole nitrogens is 1. The molecule has 1 amide bonds. The van der Waals surface area contributed by atoms with Gasteiger partial charge < -0.3 is 9.64 Å². The fourth-order valence-electron chi connectivity index (χ4n) is 3.30. The molecule has 0 saturated carbocycles. The van der Waals surface area contributed by atoms with Gasteiger partial charge in [-0.1, -0.05) is 6.92 Å². The van der Waals surface area contributed by atoms with Gasteiger partial charge in [0.15, 0.2) is 5.65 Å². The minimum Gasteiger partial charge on any atom is -0.384 e. The van der Waals surface area contributed by atoms with Gasteiger partial charge in [-0.25, -0.2) is 9.50 Å². The summed E-state index contributed by atoms with van der Waals surface area (Å²) in [5.41, 5.74) is 2.15. The summed E-state index contributed by atoms with van der Waals surface area (Å²) < 4.78 is 6.48. The predicted octanol–water partition coefficient (Wildman–Crippen LogP) is 1.68. The van der Waals surface area contributed by atoms with Crippen LogP contribution in [0.15, 0.2) is 16.9 Å². The second-order valence-corrected chi connectivity index (χ2v) is 6.19. The summed E-state index contributed by atoms with van der Waals surface area (Å²) in [4.78, 5) is 31.1. The Hall–Kier alpha value is -2.15. The number of nitrogens with zero attached hydrogens (tertiary/aromatic N) is 3. The Morgan fingerprint density at radius 3 is 3.00 bits per heavy atom. The molecule has 2 aromatic rings. The van der Waals surface area contributed by atoms with Crippen LogP contribution in [0.1, 0.15) is 50.0 Å². The number of aryl methyl sites for hydroxylation is 1. The van der Waals surface area contributed by atoms with Crippen molar-refractivity contribution < 1.29 is 9.53 Å². The van der Waals surface area contributed by atoms with Crippen molar-refractivity contribution in [3.63, 3.8) is 0 Å². The minimum atomic E-state index is -0.115. The van der Waals surface area contributed by atoms with E-state index in [0.29, 0.717) is 18.7 Å². The Morgan fingerprint density at radius 1 is 1.42 bits per heavy atom. The lowest BCUT2D eigenvalue weighted by Gasteiger charge is -2.35. The molecule has 1 aliphatic rings. The summed E-state index contributed by atoms with van der Waals surface area (Å²) in [7, 11) is 1.60. The molecule has 1 saturated heterocycles. The Balaban J connectivity index is 1.93. The standard InChI is InChI=1S/C17H24N4O3/c1-3-12-10-17(23)21-15(18-12)11-13(19-21)14-6-4-5-8-20(14)16(22)7-9-24-2/h10-11,14,19H,3-9H2,1-2H3. The number of methoxy groups -OCH3 is 1. The number of hydrogen-bond donors (Lipinski definition) is 1. The van der Waals surface area contributed by atoms with Crippen molar-refractivity contribution in [2.45, 2.75) is 45.1 Å². The zero-order chi connectivity index (χ0) is 17.1. The largest absolute Gasteiger partial charge is 0.384 e. The van der Waals surface area contributed by atoms with Crippen LogP contribution in [0.4, 0.5) is 0 Å². The monoisotopic (exact) mass is 332 g/mol. The summed E-state index contributed by atoms with van der Waals surface area (Å²) in [6.07, 6.45) is 4.06. The van der Waals surface area contributed by atoms with Crippen molar-refractivity contribution in [1.29, 1.82) is 0 Å². The number of amides is 1. The number of ether oxygens (including phenoxy) is 1. The quantitative estimate of drug-likeness (QED) is 0.903. The maximum absolute atomic E-state index is 12.5. The van der Waals surface area contributed by atoms with E-state index in [1.165, 1.54) is 4.52 Å². The number of hydrogen-bond acceptors (Lipinski definition) is 4. The van der Waals surface area contributed by atoms with Gasteiger partial charge in [0.1, 0.15) is 0 Å². The molecule has 1 fully saturated rings. The molecule has 1 N–H and O–H groups in total. The summed E-state index contributed by atoms with van der Waals surface area (Å²) in [6, 6.07) is 3.41. The lowest BCUT2D eigenvalue weighted by Crippen LogP contribution is -2.39. The molecular formula is C17H24N4O3. The van der Waals surface area contributed by atoms with E-state index in [2.05, 4.69) is 10.1 Å². The van der Waals surface area contributed by atoms with Crippen LogP contribution in [0.25, 0.3) is 5.65 Å². The highest BCUT2D eigenvalue weighted by molar-refractivity contribution is 5.77. The van der Waals surface area contributed by atoms with Gasteiger partial charge in [0.25, 0.3) is 5.56 Å². The highest BCUT2D eigenvalue weighted by Crippen LogP contribution is 2.30. The average molecular weight is 332 g/mol. The number of piperidine rings is 1. The predicted molar refractivity (Wildman–Crippen MR) is 90.0 cm³/mol. The topological polar surface area (TPSA) is 79.7 Å². The molecule has 0 bridgehead atoms. The average Bonchev–Trinajstić information content (AvgIpc) is 3.04. The van der Waals surface area contributed by atoms with E-state index in [4.69, 9.17) is 4.74 Å². The van der Waals surface area contributed by atoms with E-state index in [0.717, 1.165) is 43.6 Å². The van der Waals surface area contributed by atoms with Crippen LogP contribution in [0.5, 0.6) is 0 Å². The van der Waals surface area contributed by atoms with Crippen LogP contribution in [-0.2, 0) is 16.0 Å². The van der Waals surface area contributed by atoms with Crippen LogP contribution < -0.4 is 5.56 Å². The summed E-state index contributed by atoms with van der Waals surface area (Å²) in [6.45, 7) is 3.14. The van der Waals surface area contributed by atoms with Crippen molar-refractivity contribution in [1.82, 2.24) is 19.5 Å². The number of carbonyl (C=O) groups is 1. The van der Waals surface area contributed by atoms with Crippen molar-refractivity contribution >= 4 is 11.6 Å². The molecule has 130 valence electrons. The SMILES string of the molecule is CCc1cc(=O)n2[nH]c(C3CCCCN3C(=O)CCOC)cc2n1. The van der Waals surface area contributed by atoms with Gasteiger partial charge >= 0.3 is 0 Å². The first-order valence-corrected chi connectivity index (χ1v) is 8.54. The normalized spacial score (nSPS) is 18.2. The highest BCUT2D eigenvalue weighted by atomic mass is 16.5. The molecule has 0 aromatic carbocycles. The maximum Gasteiger partial charge on any atom is 0.272 e. The van der Waals surface area contributed by atoms with Gasteiger partial charge in [0.2, 0.25) is 5.91 Å². The number of nitrogens with one attached hydrogen (secondary N) is 1. The number of aromatic nitrogens is 3. The Labute approximate surface area is 140 Å². The molecule has 7 heteroatoms. The molecule has 7 nitrogen and oxygen atoms in total. The van der Waals surface area contributed by atoms with Crippen LogP contribution in [0.2, 0.25) is 0 Å². The lowest BCUT2D eigenvalue weighted by atomic mass is 9.99. The molecule has 3 heterocycles. The first kappa shape index (κ1) is 16.7.